The largest absolute Gasteiger partial charge is 0.461 e. The molecule has 33 heavy (non-hydrogen) atoms. The van der Waals surface area contributed by atoms with Crippen LogP contribution in [0.3, 0.4) is 0 Å². The fourth-order valence-corrected chi connectivity index (χ4v) is 3.38. The van der Waals surface area contributed by atoms with Gasteiger partial charge < -0.3 is 14.4 Å². The summed E-state index contributed by atoms with van der Waals surface area (Å²) in [4.78, 5) is 25.4. The third-order valence-corrected chi connectivity index (χ3v) is 5.05. The molecule has 0 fully saturated rings. The first-order valence-electron chi connectivity index (χ1n) is 9.43. The Labute approximate surface area is 187 Å². The van der Waals surface area contributed by atoms with E-state index in [1.54, 1.807) is 6.92 Å². The smallest absolute Gasteiger partial charge is 0.416 e. The summed E-state index contributed by atoms with van der Waals surface area (Å²) < 4.78 is 89.0. The summed E-state index contributed by atoms with van der Waals surface area (Å²) in [6.07, 6.45) is -11.0. The van der Waals surface area contributed by atoms with Crippen molar-refractivity contribution in [3.05, 3.63) is 51.3 Å². The molecule has 0 bridgehead atoms. The van der Waals surface area contributed by atoms with Gasteiger partial charge in [-0.05, 0) is 30.7 Å². The number of halogens is 7. The average molecular weight is 500 g/mol. The van der Waals surface area contributed by atoms with E-state index in [4.69, 9.17) is 21.1 Å². The van der Waals surface area contributed by atoms with Gasteiger partial charge in [0.15, 0.2) is 5.69 Å². The predicted octanol–water partition coefficient (Wildman–Crippen LogP) is 4.90. The van der Waals surface area contributed by atoms with E-state index in [0.717, 1.165) is 4.90 Å². The molecule has 0 aliphatic carbocycles. The van der Waals surface area contributed by atoms with E-state index in [0.29, 0.717) is 17.8 Å². The molecule has 0 radical (unpaired) electrons. The highest BCUT2D eigenvalue weighted by atomic mass is 35.5. The van der Waals surface area contributed by atoms with Gasteiger partial charge in [-0.1, -0.05) is 11.6 Å². The SMILES string of the molecule is CCOC(=O)c1nn2c(c1Cl)CN(C(=O)OCc1cc(C(F)(F)F)cc(C(F)(F)F)c1)CC2. The zero-order chi connectivity index (χ0) is 24.6. The molecule has 3 rings (SSSR count). The Kier molecular flexibility index (Phi) is 6.82. The number of hydrogen-bond donors (Lipinski definition) is 0. The van der Waals surface area contributed by atoms with Crippen LogP contribution in [0, 0.1) is 0 Å². The summed E-state index contributed by atoms with van der Waals surface area (Å²) in [5.41, 5.74) is -3.32. The van der Waals surface area contributed by atoms with Crippen molar-refractivity contribution >= 4 is 23.7 Å². The highest BCUT2D eigenvalue weighted by Crippen LogP contribution is 2.36. The van der Waals surface area contributed by atoms with Gasteiger partial charge in [0.25, 0.3) is 0 Å². The van der Waals surface area contributed by atoms with Crippen molar-refractivity contribution in [3.8, 4) is 0 Å². The van der Waals surface area contributed by atoms with E-state index in [9.17, 15) is 35.9 Å². The lowest BCUT2D eigenvalue weighted by Crippen LogP contribution is -2.38. The van der Waals surface area contributed by atoms with E-state index < -0.39 is 47.7 Å². The zero-order valence-electron chi connectivity index (χ0n) is 16.9. The van der Waals surface area contributed by atoms with E-state index in [1.807, 2.05) is 0 Å². The molecule has 0 N–H and O–H groups in total. The van der Waals surface area contributed by atoms with Crippen LogP contribution in [0.2, 0.25) is 5.02 Å². The first kappa shape index (κ1) is 24.7. The number of carbonyl (C=O) groups excluding carboxylic acids is 2. The highest BCUT2D eigenvalue weighted by Gasteiger charge is 2.37. The van der Waals surface area contributed by atoms with Crippen LogP contribution >= 0.6 is 11.6 Å². The van der Waals surface area contributed by atoms with Crippen LogP contribution in [0.1, 0.15) is 39.8 Å². The molecule has 1 amide bonds. The van der Waals surface area contributed by atoms with Crippen molar-refractivity contribution in [1.82, 2.24) is 14.7 Å². The zero-order valence-corrected chi connectivity index (χ0v) is 17.6. The predicted molar refractivity (Wildman–Crippen MR) is 100 cm³/mol. The fraction of sp³-hybridized carbons (Fsp3) is 0.421. The second-order valence-corrected chi connectivity index (χ2v) is 7.32. The fourth-order valence-electron chi connectivity index (χ4n) is 3.11. The number of esters is 1. The number of benzene rings is 1. The van der Waals surface area contributed by atoms with Crippen molar-refractivity contribution in [2.45, 2.75) is 39.0 Å². The van der Waals surface area contributed by atoms with Gasteiger partial charge in [0.2, 0.25) is 0 Å². The Morgan fingerprint density at radius 2 is 1.64 bits per heavy atom. The lowest BCUT2D eigenvalue weighted by Gasteiger charge is -2.27. The van der Waals surface area contributed by atoms with Gasteiger partial charge in [0.05, 0.1) is 41.5 Å². The van der Waals surface area contributed by atoms with Crippen molar-refractivity contribution in [3.63, 3.8) is 0 Å². The number of aromatic nitrogens is 2. The number of rotatable bonds is 4. The minimum atomic E-state index is -5.02. The molecular formula is C19H16ClF6N3O4. The van der Waals surface area contributed by atoms with Crippen LogP contribution < -0.4 is 0 Å². The maximum Gasteiger partial charge on any atom is 0.416 e. The van der Waals surface area contributed by atoms with Gasteiger partial charge in [-0.15, -0.1) is 0 Å². The van der Waals surface area contributed by atoms with Crippen molar-refractivity contribution in [2.24, 2.45) is 0 Å². The minimum absolute atomic E-state index is 0.0136. The molecule has 14 heteroatoms. The van der Waals surface area contributed by atoms with E-state index in [-0.39, 0.29) is 43.0 Å². The molecule has 0 spiro atoms. The number of alkyl halides is 6. The normalized spacial score (nSPS) is 14.1. The molecule has 180 valence electrons. The molecule has 1 aromatic heterocycles. The Morgan fingerprint density at radius 1 is 1.03 bits per heavy atom. The molecule has 2 aromatic rings. The lowest BCUT2D eigenvalue weighted by atomic mass is 10.1. The minimum Gasteiger partial charge on any atom is -0.461 e. The first-order valence-corrected chi connectivity index (χ1v) is 9.81. The van der Waals surface area contributed by atoms with Gasteiger partial charge in [-0.25, -0.2) is 9.59 Å². The van der Waals surface area contributed by atoms with Gasteiger partial charge in [0, 0.05) is 6.54 Å². The van der Waals surface area contributed by atoms with Crippen LogP contribution in [-0.4, -0.2) is 39.9 Å². The number of amides is 1. The summed E-state index contributed by atoms with van der Waals surface area (Å²) in [7, 11) is 0. The second-order valence-electron chi connectivity index (χ2n) is 6.94. The average Bonchev–Trinajstić information content (AvgIpc) is 3.07. The summed E-state index contributed by atoms with van der Waals surface area (Å²) in [5, 5.41) is 4.01. The van der Waals surface area contributed by atoms with Gasteiger partial charge in [0.1, 0.15) is 6.61 Å². The van der Waals surface area contributed by atoms with Crippen LogP contribution in [-0.2, 0) is 41.5 Å². The third-order valence-electron chi connectivity index (χ3n) is 4.65. The second kappa shape index (κ2) is 9.12. The molecule has 2 heterocycles. The monoisotopic (exact) mass is 499 g/mol. The van der Waals surface area contributed by atoms with Crippen LogP contribution in [0.15, 0.2) is 18.2 Å². The molecule has 0 saturated carbocycles. The van der Waals surface area contributed by atoms with Gasteiger partial charge in [-0.3, -0.25) is 4.68 Å². The van der Waals surface area contributed by atoms with E-state index in [1.165, 1.54) is 4.68 Å². The van der Waals surface area contributed by atoms with Crippen LogP contribution in [0.25, 0.3) is 0 Å². The summed E-state index contributed by atoms with van der Waals surface area (Å²) in [6.45, 7) is 0.931. The molecule has 0 unspecified atom stereocenters. The van der Waals surface area contributed by atoms with Crippen LogP contribution in [0.4, 0.5) is 31.1 Å². The molecule has 1 aliphatic heterocycles. The quantitative estimate of drug-likeness (QED) is 0.442. The number of carbonyl (C=O) groups is 2. The Morgan fingerprint density at radius 3 is 2.18 bits per heavy atom. The van der Waals surface area contributed by atoms with Crippen molar-refractivity contribution in [2.75, 3.05) is 13.2 Å². The molecule has 0 atom stereocenters. The van der Waals surface area contributed by atoms with Crippen molar-refractivity contribution < 1.29 is 45.4 Å². The standard InChI is InChI=1S/C19H16ClF6N3O4/c1-2-32-16(30)15-14(20)13-8-28(3-4-29(13)27-15)17(31)33-9-10-5-11(18(21,22)23)7-12(6-10)19(24,25)26/h5-7H,2-4,8-9H2,1H3. The summed E-state index contributed by atoms with van der Waals surface area (Å²) in [5.74, 6) is -0.747. The number of hydrogen-bond acceptors (Lipinski definition) is 5. The number of fused-ring (bicyclic) bond motifs is 1. The number of ether oxygens (including phenoxy) is 2. The maximum atomic E-state index is 13.0. The Balaban J connectivity index is 1.73. The lowest BCUT2D eigenvalue weighted by molar-refractivity contribution is -0.143. The molecule has 0 saturated heterocycles. The maximum absolute atomic E-state index is 13.0. The van der Waals surface area contributed by atoms with Gasteiger partial charge in [-0.2, -0.15) is 31.4 Å². The molecular weight excluding hydrogens is 484 g/mol. The van der Waals surface area contributed by atoms with Crippen LogP contribution in [0.5, 0.6) is 0 Å². The first-order chi connectivity index (χ1) is 15.3. The number of nitrogens with zero attached hydrogens (tertiary/aromatic N) is 3. The third kappa shape index (κ3) is 5.52. The van der Waals surface area contributed by atoms with E-state index >= 15 is 0 Å². The Bertz CT molecular complexity index is 1030. The van der Waals surface area contributed by atoms with E-state index in [2.05, 4.69) is 5.10 Å². The highest BCUT2D eigenvalue weighted by molar-refractivity contribution is 6.34. The molecule has 1 aromatic carbocycles. The Hall–Kier alpha value is -2.96. The van der Waals surface area contributed by atoms with Gasteiger partial charge >= 0.3 is 24.4 Å². The summed E-state index contributed by atoms with van der Waals surface area (Å²) >= 11 is 6.16. The molecule has 7 nitrogen and oxygen atoms in total. The van der Waals surface area contributed by atoms with Crippen molar-refractivity contribution in [1.29, 1.82) is 0 Å². The topological polar surface area (TPSA) is 73.7 Å². The molecule has 1 aliphatic rings. The summed E-state index contributed by atoms with van der Waals surface area (Å²) in [6, 6.07) is 0.951.